The summed E-state index contributed by atoms with van der Waals surface area (Å²) in [6.45, 7) is 1.47. The molecule has 9 nitrogen and oxygen atoms in total. The second-order valence-corrected chi connectivity index (χ2v) is 5.55. The first kappa shape index (κ1) is 17.8. The van der Waals surface area contributed by atoms with Crippen LogP contribution in [0.2, 0.25) is 0 Å². The number of ketones is 1. The van der Waals surface area contributed by atoms with Crippen LogP contribution in [0.3, 0.4) is 0 Å². The Hall–Kier alpha value is -4.01. The first-order chi connectivity index (χ1) is 13.0. The number of Topliss-reactive ketones (excluding diaryl/α,β-unsaturated/α-hetero) is 1. The Labute approximate surface area is 154 Å². The van der Waals surface area contributed by atoms with E-state index in [1.165, 1.54) is 13.3 Å². The minimum absolute atomic E-state index is 0.0155. The average molecular weight is 364 g/mol. The Kier molecular flexibility index (Phi) is 5.22. The SMILES string of the molecule is CC(=O)c1ccc(Nc2ncnc(NNc3ccccc3)c2[N+](=O)[O-])cc1. The van der Waals surface area contributed by atoms with Gasteiger partial charge >= 0.3 is 5.69 Å². The molecule has 1 heterocycles. The highest BCUT2D eigenvalue weighted by Crippen LogP contribution is 2.31. The van der Waals surface area contributed by atoms with Gasteiger partial charge < -0.3 is 5.32 Å². The molecule has 136 valence electrons. The molecule has 0 saturated carbocycles. The molecule has 0 amide bonds. The van der Waals surface area contributed by atoms with Crippen LogP contribution in [-0.4, -0.2) is 20.7 Å². The van der Waals surface area contributed by atoms with E-state index in [1.807, 2.05) is 18.2 Å². The highest BCUT2D eigenvalue weighted by atomic mass is 16.6. The van der Waals surface area contributed by atoms with Crippen LogP contribution in [-0.2, 0) is 0 Å². The van der Waals surface area contributed by atoms with Crippen molar-refractivity contribution in [3.8, 4) is 0 Å². The fourth-order valence-corrected chi connectivity index (χ4v) is 2.31. The number of benzene rings is 2. The van der Waals surface area contributed by atoms with Gasteiger partial charge in [-0.15, -0.1) is 0 Å². The Bertz CT molecular complexity index is 961. The Morgan fingerprint density at radius 2 is 1.59 bits per heavy atom. The van der Waals surface area contributed by atoms with E-state index in [4.69, 9.17) is 0 Å². The molecule has 0 fully saturated rings. The van der Waals surface area contributed by atoms with Crippen LogP contribution in [0.5, 0.6) is 0 Å². The van der Waals surface area contributed by atoms with Gasteiger partial charge in [0.25, 0.3) is 0 Å². The summed E-state index contributed by atoms with van der Waals surface area (Å²) in [5.41, 5.74) is 7.11. The molecule has 0 unspecified atom stereocenters. The van der Waals surface area contributed by atoms with E-state index in [9.17, 15) is 14.9 Å². The summed E-state index contributed by atoms with van der Waals surface area (Å²) in [6.07, 6.45) is 1.22. The highest BCUT2D eigenvalue weighted by molar-refractivity contribution is 5.94. The normalized spacial score (nSPS) is 10.1. The zero-order valence-electron chi connectivity index (χ0n) is 14.3. The summed E-state index contributed by atoms with van der Waals surface area (Å²) in [4.78, 5) is 30.3. The lowest BCUT2D eigenvalue weighted by Gasteiger charge is -2.11. The molecule has 0 spiro atoms. The number of nitrogens with one attached hydrogen (secondary N) is 3. The van der Waals surface area contributed by atoms with Gasteiger partial charge in [0.2, 0.25) is 11.6 Å². The lowest BCUT2D eigenvalue weighted by Crippen LogP contribution is -2.13. The molecule has 0 saturated heterocycles. The number of hydrogen-bond acceptors (Lipinski definition) is 8. The van der Waals surface area contributed by atoms with Crippen molar-refractivity contribution in [2.75, 3.05) is 16.2 Å². The van der Waals surface area contributed by atoms with Gasteiger partial charge in [0, 0.05) is 11.3 Å². The quantitative estimate of drug-likeness (QED) is 0.329. The van der Waals surface area contributed by atoms with E-state index in [1.54, 1.807) is 36.4 Å². The minimum atomic E-state index is -0.568. The molecule has 0 aliphatic heterocycles. The number of nitro groups is 1. The zero-order chi connectivity index (χ0) is 19.2. The van der Waals surface area contributed by atoms with Crippen LogP contribution < -0.4 is 16.2 Å². The maximum atomic E-state index is 11.6. The fourth-order valence-electron chi connectivity index (χ4n) is 2.31. The molecule has 0 radical (unpaired) electrons. The zero-order valence-corrected chi connectivity index (χ0v) is 14.3. The van der Waals surface area contributed by atoms with E-state index >= 15 is 0 Å². The third-order valence-corrected chi connectivity index (χ3v) is 3.66. The lowest BCUT2D eigenvalue weighted by atomic mass is 10.1. The number of rotatable bonds is 7. The monoisotopic (exact) mass is 364 g/mol. The molecule has 0 aliphatic carbocycles. The number of hydrazine groups is 1. The second-order valence-electron chi connectivity index (χ2n) is 5.55. The van der Waals surface area contributed by atoms with Crippen LogP contribution in [0.15, 0.2) is 60.9 Å². The average Bonchev–Trinajstić information content (AvgIpc) is 2.67. The van der Waals surface area contributed by atoms with Gasteiger partial charge in [-0.05, 0) is 43.3 Å². The van der Waals surface area contributed by atoms with Crippen molar-refractivity contribution in [3.63, 3.8) is 0 Å². The summed E-state index contributed by atoms with van der Waals surface area (Å²) in [5, 5.41) is 14.4. The van der Waals surface area contributed by atoms with Crippen molar-refractivity contribution < 1.29 is 9.72 Å². The van der Waals surface area contributed by atoms with E-state index < -0.39 is 4.92 Å². The lowest BCUT2D eigenvalue weighted by molar-refractivity contribution is -0.383. The Balaban J connectivity index is 1.84. The van der Waals surface area contributed by atoms with Crippen molar-refractivity contribution in [3.05, 3.63) is 76.6 Å². The van der Waals surface area contributed by atoms with Crippen LogP contribution in [0.1, 0.15) is 17.3 Å². The smallest absolute Gasteiger partial charge is 0.334 e. The maximum absolute atomic E-state index is 11.6. The summed E-state index contributed by atoms with van der Waals surface area (Å²) in [5.74, 6) is -0.0160. The maximum Gasteiger partial charge on any atom is 0.355 e. The molecule has 3 aromatic rings. The van der Waals surface area contributed by atoms with Gasteiger partial charge in [0.05, 0.1) is 10.6 Å². The van der Waals surface area contributed by atoms with Crippen molar-refractivity contribution in [1.82, 2.24) is 9.97 Å². The largest absolute Gasteiger partial charge is 0.355 e. The van der Waals surface area contributed by atoms with Crippen molar-refractivity contribution >= 4 is 34.5 Å². The summed E-state index contributed by atoms with van der Waals surface area (Å²) < 4.78 is 0. The van der Waals surface area contributed by atoms with Gasteiger partial charge in [-0.1, -0.05) is 18.2 Å². The predicted octanol–water partition coefficient (Wildman–Crippen LogP) is 3.77. The first-order valence-electron chi connectivity index (χ1n) is 7.99. The third-order valence-electron chi connectivity index (χ3n) is 3.66. The van der Waals surface area contributed by atoms with Gasteiger partial charge in [0.1, 0.15) is 6.33 Å². The standard InChI is InChI=1S/C18H16N6O3/c1-12(25)13-7-9-14(10-8-13)21-17-16(24(26)27)18(20-11-19-17)23-22-15-5-3-2-4-6-15/h2-11,22H,1H3,(H2,19,20,21,23). The molecule has 2 aromatic carbocycles. The van der Waals surface area contributed by atoms with Gasteiger partial charge in [-0.25, -0.2) is 9.97 Å². The first-order valence-corrected chi connectivity index (χ1v) is 7.99. The molecule has 3 rings (SSSR count). The molecule has 3 N–H and O–H groups in total. The van der Waals surface area contributed by atoms with Crippen LogP contribution >= 0.6 is 0 Å². The van der Waals surface area contributed by atoms with Crippen molar-refractivity contribution in [2.24, 2.45) is 0 Å². The summed E-state index contributed by atoms with van der Waals surface area (Å²) in [6, 6.07) is 15.7. The topological polar surface area (TPSA) is 122 Å². The molecule has 1 aromatic heterocycles. The molecule has 27 heavy (non-hydrogen) atoms. The highest BCUT2D eigenvalue weighted by Gasteiger charge is 2.23. The van der Waals surface area contributed by atoms with Crippen LogP contribution in [0, 0.1) is 10.1 Å². The van der Waals surface area contributed by atoms with E-state index in [2.05, 4.69) is 26.1 Å². The number of anilines is 4. The third kappa shape index (κ3) is 4.34. The Morgan fingerprint density at radius 1 is 0.926 bits per heavy atom. The molecule has 0 bridgehead atoms. The van der Waals surface area contributed by atoms with E-state index in [-0.39, 0.29) is 23.1 Å². The van der Waals surface area contributed by atoms with Gasteiger partial charge in [0.15, 0.2) is 5.78 Å². The number of hydrogen-bond donors (Lipinski definition) is 3. The van der Waals surface area contributed by atoms with Gasteiger partial charge in [-0.3, -0.25) is 25.8 Å². The second kappa shape index (κ2) is 7.91. The molecule has 0 atom stereocenters. The number of carbonyl (C=O) groups excluding carboxylic acids is 1. The molecular formula is C18H16N6O3. The van der Waals surface area contributed by atoms with Crippen LogP contribution in [0.25, 0.3) is 0 Å². The fraction of sp³-hybridized carbons (Fsp3) is 0.0556. The number of nitrogens with zero attached hydrogens (tertiary/aromatic N) is 3. The van der Waals surface area contributed by atoms with Crippen molar-refractivity contribution in [1.29, 1.82) is 0 Å². The number of para-hydroxylation sites is 1. The molecule has 9 heteroatoms. The molecule has 0 aliphatic rings. The Morgan fingerprint density at radius 3 is 2.22 bits per heavy atom. The minimum Gasteiger partial charge on any atom is -0.334 e. The predicted molar refractivity (Wildman–Crippen MR) is 102 cm³/mol. The van der Waals surface area contributed by atoms with Gasteiger partial charge in [-0.2, -0.15) is 0 Å². The van der Waals surface area contributed by atoms with E-state index in [0.717, 1.165) is 5.69 Å². The van der Waals surface area contributed by atoms with Crippen molar-refractivity contribution in [2.45, 2.75) is 6.92 Å². The number of carbonyl (C=O) groups is 1. The summed E-state index contributed by atoms with van der Waals surface area (Å²) in [7, 11) is 0. The molecular weight excluding hydrogens is 348 g/mol. The number of aromatic nitrogens is 2. The van der Waals surface area contributed by atoms with Crippen LogP contribution in [0.4, 0.5) is 28.7 Å². The summed E-state index contributed by atoms with van der Waals surface area (Å²) >= 11 is 0. The van der Waals surface area contributed by atoms with E-state index in [0.29, 0.717) is 11.3 Å².